The molecule has 1 aliphatic heterocycles. The molecule has 9 nitrogen and oxygen atoms in total. The quantitative estimate of drug-likeness (QED) is 0.831. The molecule has 0 radical (unpaired) electrons. The Morgan fingerprint density at radius 3 is 2.96 bits per heavy atom. The molecule has 25 heavy (non-hydrogen) atoms. The SMILES string of the molecule is CN1CCOc2ccc(S(=O)(=O)Nc3n[nH]c(CC#N)c3C#N)cc21. The Kier molecular flexibility index (Phi) is 4.21. The third kappa shape index (κ3) is 3.07. The number of hydrogen-bond acceptors (Lipinski definition) is 7. The van der Waals surface area contributed by atoms with Crippen molar-refractivity contribution in [2.75, 3.05) is 29.8 Å². The van der Waals surface area contributed by atoms with Crippen molar-refractivity contribution < 1.29 is 13.2 Å². The summed E-state index contributed by atoms with van der Waals surface area (Å²) in [6.07, 6.45) is -0.0708. The van der Waals surface area contributed by atoms with Crippen LogP contribution in [0.5, 0.6) is 5.75 Å². The maximum atomic E-state index is 12.6. The number of nitriles is 2. The van der Waals surface area contributed by atoms with E-state index in [1.165, 1.54) is 12.1 Å². The molecule has 1 aliphatic rings. The summed E-state index contributed by atoms with van der Waals surface area (Å²) >= 11 is 0. The van der Waals surface area contributed by atoms with Crippen molar-refractivity contribution >= 4 is 21.5 Å². The van der Waals surface area contributed by atoms with E-state index in [-0.39, 0.29) is 28.4 Å². The molecule has 0 aliphatic carbocycles. The summed E-state index contributed by atoms with van der Waals surface area (Å²) in [6.45, 7) is 1.19. The number of H-pyrrole nitrogens is 1. The van der Waals surface area contributed by atoms with E-state index in [0.29, 0.717) is 24.6 Å². The first-order chi connectivity index (χ1) is 12.0. The van der Waals surface area contributed by atoms with E-state index in [2.05, 4.69) is 14.9 Å². The fourth-order valence-corrected chi connectivity index (χ4v) is 3.50. The Hall–Kier alpha value is -3.24. The summed E-state index contributed by atoms with van der Waals surface area (Å²) in [5, 5.41) is 24.2. The van der Waals surface area contributed by atoms with Crippen molar-refractivity contribution in [2.45, 2.75) is 11.3 Å². The van der Waals surface area contributed by atoms with Crippen LogP contribution in [0.4, 0.5) is 11.5 Å². The number of aromatic nitrogens is 2. The van der Waals surface area contributed by atoms with Gasteiger partial charge in [-0.1, -0.05) is 0 Å². The predicted octanol–water partition coefficient (Wildman–Crippen LogP) is 0.977. The summed E-state index contributed by atoms with van der Waals surface area (Å²) in [6, 6.07) is 8.27. The first-order valence-electron chi connectivity index (χ1n) is 7.31. The summed E-state index contributed by atoms with van der Waals surface area (Å²) in [4.78, 5) is 1.93. The van der Waals surface area contributed by atoms with Crippen LogP contribution in [0, 0.1) is 22.7 Å². The van der Waals surface area contributed by atoms with E-state index in [4.69, 9.17) is 10.00 Å². The topological polar surface area (TPSA) is 135 Å². The van der Waals surface area contributed by atoms with Gasteiger partial charge in [-0.15, -0.1) is 0 Å². The number of fused-ring (bicyclic) bond motifs is 1. The number of nitrogens with one attached hydrogen (secondary N) is 2. The normalized spacial score (nSPS) is 13.3. The average Bonchev–Trinajstić information content (AvgIpc) is 2.96. The Morgan fingerprint density at radius 1 is 1.44 bits per heavy atom. The van der Waals surface area contributed by atoms with Crippen LogP contribution in [0.2, 0.25) is 0 Å². The van der Waals surface area contributed by atoms with Crippen LogP contribution >= 0.6 is 0 Å². The Morgan fingerprint density at radius 2 is 2.24 bits per heavy atom. The second-order valence-electron chi connectivity index (χ2n) is 5.38. The highest BCUT2D eigenvalue weighted by Crippen LogP contribution is 2.33. The number of hydrogen-bond donors (Lipinski definition) is 2. The number of nitrogens with zero attached hydrogens (tertiary/aromatic N) is 4. The van der Waals surface area contributed by atoms with E-state index in [1.54, 1.807) is 6.07 Å². The minimum Gasteiger partial charge on any atom is -0.490 e. The molecular formula is C15H14N6O3S. The zero-order valence-electron chi connectivity index (χ0n) is 13.3. The minimum absolute atomic E-state index is 0.00327. The average molecular weight is 358 g/mol. The maximum Gasteiger partial charge on any atom is 0.263 e. The number of sulfonamides is 1. The number of anilines is 2. The van der Waals surface area contributed by atoms with Crippen LogP contribution in [0.3, 0.4) is 0 Å². The van der Waals surface area contributed by atoms with Gasteiger partial charge >= 0.3 is 0 Å². The molecule has 1 aromatic heterocycles. The van der Waals surface area contributed by atoms with Crippen molar-refractivity contribution in [3.8, 4) is 17.9 Å². The maximum absolute atomic E-state index is 12.6. The largest absolute Gasteiger partial charge is 0.490 e. The molecule has 128 valence electrons. The van der Waals surface area contributed by atoms with E-state index in [9.17, 15) is 13.7 Å². The van der Waals surface area contributed by atoms with Gasteiger partial charge in [0.05, 0.1) is 35.3 Å². The molecule has 10 heteroatoms. The molecule has 0 fully saturated rings. The van der Waals surface area contributed by atoms with E-state index >= 15 is 0 Å². The number of rotatable bonds is 4. The summed E-state index contributed by atoms with van der Waals surface area (Å²) in [5.74, 6) is 0.483. The molecule has 1 aromatic carbocycles. The third-order valence-electron chi connectivity index (χ3n) is 3.78. The van der Waals surface area contributed by atoms with Crippen molar-refractivity contribution in [3.63, 3.8) is 0 Å². The molecule has 2 N–H and O–H groups in total. The fraction of sp³-hybridized carbons (Fsp3) is 0.267. The van der Waals surface area contributed by atoms with Crippen LogP contribution in [-0.4, -0.2) is 38.8 Å². The van der Waals surface area contributed by atoms with Gasteiger partial charge in [-0.2, -0.15) is 15.6 Å². The lowest BCUT2D eigenvalue weighted by Crippen LogP contribution is -2.29. The molecule has 0 bridgehead atoms. The van der Waals surface area contributed by atoms with Gasteiger partial charge in [-0.05, 0) is 18.2 Å². The lowest BCUT2D eigenvalue weighted by atomic mass is 10.2. The van der Waals surface area contributed by atoms with Crippen molar-refractivity contribution in [1.82, 2.24) is 10.2 Å². The molecule has 0 amide bonds. The highest BCUT2D eigenvalue weighted by molar-refractivity contribution is 7.92. The van der Waals surface area contributed by atoms with Gasteiger partial charge in [-0.25, -0.2) is 8.42 Å². The Balaban J connectivity index is 1.95. The molecule has 0 atom stereocenters. The van der Waals surface area contributed by atoms with Gasteiger partial charge in [0.15, 0.2) is 5.82 Å². The first-order valence-corrected chi connectivity index (χ1v) is 8.79. The molecule has 2 aromatic rings. The standard InChI is InChI=1S/C15H14N6O3S/c1-21-6-7-24-14-3-2-10(8-13(14)21)25(22,23)20-15-11(9-17)12(4-5-16)18-19-15/h2-3,8H,4,6-7H2,1H3,(H2,18,19,20). The summed E-state index contributed by atoms with van der Waals surface area (Å²) < 4.78 is 33.1. The van der Waals surface area contributed by atoms with Crippen LogP contribution in [0.1, 0.15) is 11.3 Å². The number of benzene rings is 1. The van der Waals surface area contributed by atoms with Crippen molar-refractivity contribution in [2.24, 2.45) is 0 Å². The third-order valence-corrected chi connectivity index (χ3v) is 5.11. The highest BCUT2D eigenvalue weighted by Gasteiger charge is 2.23. The number of likely N-dealkylation sites (N-methyl/N-ethyl adjacent to an activating group) is 1. The Labute approximate surface area is 144 Å². The molecular weight excluding hydrogens is 344 g/mol. The van der Waals surface area contributed by atoms with Crippen molar-refractivity contribution in [1.29, 1.82) is 10.5 Å². The van der Waals surface area contributed by atoms with E-state index in [0.717, 1.165) is 0 Å². The van der Waals surface area contributed by atoms with Gasteiger partial charge in [-0.3, -0.25) is 9.82 Å². The fourth-order valence-electron chi connectivity index (χ4n) is 2.46. The second kappa shape index (κ2) is 6.34. The zero-order chi connectivity index (χ0) is 18.0. The van der Waals surface area contributed by atoms with Crippen molar-refractivity contribution in [3.05, 3.63) is 29.5 Å². The first kappa shape index (κ1) is 16.6. The second-order valence-corrected chi connectivity index (χ2v) is 7.06. The number of ether oxygens (including phenoxy) is 1. The van der Waals surface area contributed by atoms with Crippen LogP contribution in [0.25, 0.3) is 0 Å². The van der Waals surface area contributed by atoms with Crippen LogP contribution in [0.15, 0.2) is 23.1 Å². The van der Waals surface area contributed by atoms with Crippen LogP contribution in [-0.2, 0) is 16.4 Å². The zero-order valence-corrected chi connectivity index (χ0v) is 14.1. The molecule has 0 spiro atoms. The van der Waals surface area contributed by atoms with Gasteiger partial charge < -0.3 is 9.64 Å². The predicted molar refractivity (Wildman–Crippen MR) is 88.6 cm³/mol. The summed E-state index contributed by atoms with van der Waals surface area (Å²) in [5.41, 5.74) is 0.937. The lowest BCUT2D eigenvalue weighted by Gasteiger charge is -2.28. The van der Waals surface area contributed by atoms with Gasteiger partial charge in [0, 0.05) is 7.05 Å². The van der Waals surface area contributed by atoms with Gasteiger partial charge in [0.2, 0.25) is 0 Å². The van der Waals surface area contributed by atoms with E-state index < -0.39 is 10.0 Å². The van der Waals surface area contributed by atoms with E-state index in [1.807, 2.05) is 24.1 Å². The monoisotopic (exact) mass is 358 g/mol. The minimum atomic E-state index is -3.95. The lowest BCUT2D eigenvalue weighted by molar-refractivity contribution is 0.311. The summed E-state index contributed by atoms with van der Waals surface area (Å²) in [7, 11) is -2.11. The Bertz CT molecular complexity index is 999. The molecule has 2 heterocycles. The van der Waals surface area contributed by atoms with Gasteiger partial charge in [0.1, 0.15) is 24.0 Å². The number of aromatic amines is 1. The van der Waals surface area contributed by atoms with Gasteiger partial charge in [0.25, 0.3) is 10.0 Å². The molecule has 0 unspecified atom stereocenters. The highest BCUT2D eigenvalue weighted by atomic mass is 32.2. The smallest absolute Gasteiger partial charge is 0.263 e. The molecule has 0 saturated heterocycles. The molecule has 0 saturated carbocycles. The van der Waals surface area contributed by atoms with Crippen LogP contribution < -0.4 is 14.4 Å². The molecule has 3 rings (SSSR count).